The second kappa shape index (κ2) is 9.52. The molecule has 0 N–H and O–H groups in total. The number of terminal acetylenes is 1. The molecular weight excluding hydrogens is 405 g/mol. The summed E-state index contributed by atoms with van der Waals surface area (Å²) in [6.07, 6.45) is 19.7. The lowest BCUT2D eigenvalue weighted by Crippen LogP contribution is -2.37. The molecule has 0 spiro atoms. The molecule has 0 aromatic heterocycles. The van der Waals surface area contributed by atoms with Gasteiger partial charge in [-0.05, 0) is 103 Å². The second-order valence-electron chi connectivity index (χ2n) is 10.0. The Kier molecular flexibility index (Phi) is 6.71. The lowest BCUT2D eigenvalue weighted by Gasteiger charge is -2.46. The first kappa shape index (κ1) is 23.2. The van der Waals surface area contributed by atoms with Crippen LogP contribution in [0.15, 0.2) is 53.6 Å². The quantitative estimate of drug-likeness (QED) is 0.306. The van der Waals surface area contributed by atoms with E-state index < -0.39 is 0 Å². The average Bonchev–Trinajstić information content (AvgIpc) is 3.22. The highest BCUT2D eigenvalue weighted by molar-refractivity contribution is 5.76. The molecule has 0 aliphatic heterocycles. The van der Waals surface area contributed by atoms with Crippen molar-refractivity contribution in [1.82, 2.24) is 0 Å². The van der Waals surface area contributed by atoms with Crippen LogP contribution >= 0.6 is 0 Å². The van der Waals surface area contributed by atoms with Crippen LogP contribution < -0.4 is 0 Å². The third kappa shape index (κ3) is 4.60. The third-order valence-electron chi connectivity index (χ3n) is 7.79. The predicted octanol–water partition coefficient (Wildman–Crippen LogP) is 8.02. The maximum atomic E-state index is 14.8. The first-order valence-electron chi connectivity index (χ1n) is 12.1. The van der Waals surface area contributed by atoms with Crippen LogP contribution in [0.1, 0.15) is 67.9 Å². The number of nitrogens with zero attached hydrogens (tertiary/aromatic N) is 1. The molecule has 4 rings (SSSR count). The number of aryl methyl sites for hydroxylation is 1. The van der Waals surface area contributed by atoms with E-state index in [-0.39, 0.29) is 11.7 Å². The van der Waals surface area contributed by atoms with Crippen molar-refractivity contribution in [2.45, 2.75) is 59.8 Å². The van der Waals surface area contributed by atoms with Crippen LogP contribution in [0.25, 0.3) is 5.57 Å². The van der Waals surface area contributed by atoms with E-state index in [9.17, 15) is 4.39 Å². The predicted molar refractivity (Wildman–Crippen MR) is 138 cm³/mol. The lowest BCUT2D eigenvalue weighted by atomic mass is 9.59. The maximum Gasteiger partial charge on any atom is 0.149 e. The Labute approximate surface area is 198 Å². The van der Waals surface area contributed by atoms with Gasteiger partial charge in [-0.15, -0.1) is 6.42 Å². The highest BCUT2D eigenvalue weighted by Gasteiger charge is 2.40. The molecule has 0 amide bonds. The van der Waals surface area contributed by atoms with Crippen LogP contribution in [-0.2, 0) is 12.8 Å². The van der Waals surface area contributed by atoms with Crippen LogP contribution in [-0.4, -0.2) is 6.21 Å². The largest absolute Gasteiger partial charge is 0.258 e. The van der Waals surface area contributed by atoms with Gasteiger partial charge in [0.25, 0.3) is 0 Å². The summed E-state index contributed by atoms with van der Waals surface area (Å²) in [5, 5.41) is 0. The second-order valence-corrected chi connectivity index (χ2v) is 10.0. The van der Waals surface area contributed by atoms with Gasteiger partial charge in [0.15, 0.2) is 0 Å². The molecule has 1 unspecified atom stereocenters. The molecule has 1 fully saturated rings. The molecule has 2 aliphatic rings. The fraction of sp³-hybridized carbons (Fsp3) is 0.387. The Morgan fingerprint density at radius 2 is 2.00 bits per heavy atom. The normalized spacial score (nSPS) is 19.1. The summed E-state index contributed by atoms with van der Waals surface area (Å²) >= 11 is 0. The van der Waals surface area contributed by atoms with Crippen molar-refractivity contribution in [2.24, 2.45) is 22.2 Å². The smallest absolute Gasteiger partial charge is 0.149 e. The molecule has 0 radical (unpaired) electrons. The van der Waals surface area contributed by atoms with E-state index in [0.29, 0.717) is 17.0 Å². The molecule has 33 heavy (non-hydrogen) atoms. The van der Waals surface area contributed by atoms with Crippen molar-refractivity contribution in [2.75, 3.05) is 0 Å². The number of halogens is 1. The van der Waals surface area contributed by atoms with Gasteiger partial charge in [0.2, 0.25) is 0 Å². The summed E-state index contributed by atoms with van der Waals surface area (Å²) in [7, 11) is 0. The highest BCUT2D eigenvalue weighted by atomic mass is 19.1. The molecule has 1 nitrogen and oxygen atoms in total. The van der Waals surface area contributed by atoms with Crippen molar-refractivity contribution in [3.05, 3.63) is 82.2 Å². The molecule has 1 atom stereocenters. The molecule has 0 bridgehead atoms. The number of benzene rings is 2. The van der Waals surface area contributed by atoms with Gasteiger partial charge in [-0.1, -0.05) is 50.5 Å². The van der Waals surface area contributed by atoms with Crippen molar-refractivity contribution in [3.8, 4) is 12.3 Å². The molecule has 0 heterocycles. The molecule has 2 heteroatoms. The average molecular weight is 440 g/mol. The van der Waals surface area contributed by atoms with Gasteiger partial charge in [0.1, 0.15) is 11.5 Å². The Morgan fingerprint density at radius 1 is 1.21 bits per heavy atom. The van der Waals surface area contributed by atoms with Crippen LogP contribution in [0.5, 0.6) is 0 Å². The van der Waals surface area contributed by atoms with Crippen molar-refractivity contribution < 1.29 is 4.39 Å². The number of rotatable bonds is 7. The minimum absolute atomic E-state index is 0.219. The number of aliphatic imine (C=N–C) groups is 1. The van der Waals surface area contributed by atoms with Crippen molar-refractivity contribution >= 4 is 17.5 Å². The molecule has 1 saturated carbocycles. The first-order valence-corrected chi connectivity index (χ1v) is 12.1. The maximum absolute atomic E-state index is 14.8. The first-order chi connectivity index (χ1) is 15.9. The van der Waals surface area contributed by atoms with E-state index in [4.69, 9.17) is 6.42 Å². The summed E-state index contributed by atoms with van der Waals surface area (Å²) < 4.78 is 14.8. The summed E-state index contributed by atoms with van der Waals surface area (Å²) in [4.78, 5) is 4.20. The van der Waals surface area contributed by atoms with Gasteiger partial charge in [0.05, 0.1) is 0 Å². The molecule has 0 saturated heterocycles. The number of hydrogen-bond donors (Lipinski definition) is 0. The van der Waals surface area contributed by atoms with Crippen LogP contribution in [0.3, 0.4) is 0 Å². The molecule has 170 valence electrons. The fourth-order valence-electron chi connectivity index (χ4n) is 5.49. The number of allylic oxidation sites excluding steroid dienone is 4. The van der Waals surface area contributed by atoms with E-state index in [1.165, 1.54) is 36.0 Å². The van der Waals surface area contributed by atoms with E-state index in [2.05, 4.69) is 67.3 Å². The van der Waals surface area contributed by atoms with Gasteiger partial charge in [-0.2, -0.15) is 0 Å². The Hall–Kier alpha value is -2.92. The summed E-state index contributed by atoms with van der Waals surface area (Å²) in [6.45, 7) is 8.44. The van der Waals surface area contributed by atoms with Gasteiger partial charge in [-0.3, -0.25) is 4.99 Å². The highest BCUT2D eigenvalue weighted by Crippen LogP contribution is 2.50. The van der Waals surface area contributed by atoms with Gasteiger partial charge >= 0.3 is 0 Å². The summed E-state index contributed by atoms with van der Waals surface area (Å²) in [6, 6.07) is 10.2. The number of hydrogen-bond acceptors (Lipinski definition) is 1. The van der Waals surface area contributed by atoms with Crippen LogP contribution in [0, 0.1) is 42.3 Å². The summed E-state index contributed by atoms with van der Waals surface area (Å²) in [5.41, 5.74) is 7.47. The monoisotopic (exact) mass is 439 g/mol. The van der Waals surface area contributed by atoms with E-state index in [1.54, 1.807) is 12.3 Å². The SMILES string of the molecule is C#Cc1ccc(CC2C=CC=C2c2cc(C)c(N=CC)c(F)c2)c(CC2(C(C)C)CCC2)c1. The molecule has 2 aliphatic carbocycles. The Morgan fingerprint density at radius 3 is 2.61 bits per heavy atom. The van der Waals surface area contributed by atoms with E-state index >= 15 is 0 Å². The topological polar surface area (TPSA) is 12.4 Å². The van der Waals surface area contributed by atoms with Crippen LogP contribution in [0.4, 0.5) is 10.1 Å². The van der Waals surface area contributed by atoms with Crippen molar-refractivity contribution in [1.29, 1.82) is 0 Å². The minimum atomic E-state index is -0.266. The fourth-order valence-corrected chi connectivity index (χ4v) is 5.49. The standard InChI is InChI=1S/C31H34FN/c1-6-23-12-13-24(27(17-23)20-31(21(3)4)14-9-15-31)18-25-10-8-11-28(25)26-16-22(5)30(33-7-2)29(32)19-26/h1,7-8,10-13,16-17,19,21,25H,9,14-15,18,20H2,2-5H3. The molecular formula is C31H34FN. The van der Waals surface area contributed by atoms with Gasteiger partial charge in [-0.25, -0.2) is 4.39 Å². The zero-order chi connectivity index (χ0) is 23.6. The Balaban J connectivity index is 1.63. The zero-order valence-corrected chi connectivity index (χ0v) is 20.3. The van der Waals surface area contributed by atoms with E-state index in [1.807, 2.05) is 13.8 Å². The minimum Gasteiger partial charge on any atom is -0.258 e. The van der Waals surface area contributed by atoms with E-state index in [0.717, 1.165) is 29.5 Å². The lowest BCUT2D eigenvalue weighted by molar-refractivity contribution is 0.0687. The third-order valence-corrected chi connectivity index (χ3v) is 7.79. The molecule has 2 aromatic rings. The summed E-state index contributed by atoms with van der Waals surface area (Å²) in [5.74, 6) is 3.43. The van der Waals surface area contributed by atoms with Crippen LogP contribution in [0.2, 0.25) is 0 Å². The zero-order valence-electron chi connectivity index (χ0n) is 20.3. The van der Waals surface area contributed by atoms with Gasteiger partial charge in [0, 0.05) is 17.7 Å². The van der Waals surface area contributed by atoms with Crippen molar-refractivity contribution in [3.63, 3.8) is 0 Å². The molecule has 2 aromatic carbocycles. The Bertz CT molecular complexity index is 1140. The van der Waals surface area contributed by atoms with Gasteiger partial charge < -0.3 is 0 Å².